The molecule has 1 saturated heterocycles. The van der Waals surface area contributed by atoms with Gasteiger partial charge in [0, 0.05) is 19.6 Å². The molecule has 0 aliphatic carbocycles. The van der Waals surface area contributed by atoms with Gasteiger partial charge in [0.25, 0.3) is 0 Å². The van der Waals surface area contributed by atoms with Crippen molar-refractivity contribution in [2.24, 2.45) is 5.73 Å². The molecule has 4 nitrogen and oxygen atoms in total. The van der Waals surface area contributed by atoms with E-state index in [0.29, 0.717) is 6.54 Å². The molecule has 1 amide bonds. The van der Waals surface area contributed by atoms with Crippen LogP contribution in [-0.2, 0) is 4.79 Å². The largest absolute Gasteiger partial charge is 0.368 e. The zero-order chi connectivity index (χ0) is 6.69. The molecule has 1 atom stereocenters. The van der Waals surface area contributed by atoms with Gasteiger partial charge in [0.05, 0.1) is 6.04 Å². The molecule has 1 rings (SSSR count). The number of carbonyl (C=O) groups excluding carboxylic acids is 1. The Morgan fingerprint density at radius 2 is 1.83 bits per heavy atom. The first-order chi connectivity index (χ1) is 4.30. The third kappa shape index (κ3) is 5.85. The third-order valence-corrected chi connectivity index (χ3v) is 1.38. The Hall–Kier alpha value is 0.260. The lowest BCUT2D eigenvalue weighted by Crippen LogP contribution is -2.54. The van der Waals surface area contributed by atoms with E-state index in [4.69, 9.17) is 5.73 Å². The quantitative estimate of drug-likeness (QED) is 0.566. The van der Waals surface area contributed by atoms with E-state index in [1.165, 1.54) is 0 Å². The summed E-state index contributed by atoms with van der Waals surface area (Å²) < 4.78 is 0. The molecule has 4 N–H and O–H groups in total. The molecule has 12 heavy (non-hydrogen) atoms. The second-order valence-electron chi connectivity index (χ2n) is 2.11. The third-order valence-electron chi connectivity index (χ3n) is 1.38. The van der Waals surface area contributed by atoms with Crippen LogP contribution in [0.15, 0.2) is 0 Å². The van der Waals surface area contributed by atoms with Crippen LogP contribution in [0, 0.1) is 0 Å². The van der Waals surface area contributed by atoms with Crippen molar-refractivity contribution in [2.45, 2.75) is 6.04 Å². The summed E-state index contributed by atoms with van der Waals surface area (Å²) in [5, 5.41) is 6.03. The van der Waals surface area contributed by atoms with E-state index in [9.17, 15) is 4.79 Å². The topological polar surface area (TPSA) is 67.2 Å². The van der Waals surface area contributed by atoms with Crippen LogP contribution in [-0.4, -0.2) is 31.6 Å². The number of rotatable bonds is 1. The summed E-state index contributed by atoms with van der Waals surface area (Å²) in [6, 6.07) is -0.168. The molecular formula is C5H14Cl3N3O. The Bertz CT molecular complexity index is 119. The summed E-state index contributed by atoms with van der Waals surface area (Å²) in [5.41, 5.74) is 5.03. The number of nitrogens with two attached hydrogens (primary N) is 1. The van der Waals surface area contributed by atoms with Crippen LogP contribution in [0.25, 0.3) is 0 Å². The van der Waals surface area contributed by atoms with E-state index in [2.05, 4.69) is 10.6 Å². The first-order valence-electron chi connectivity index (χ1n) is 3.04. The number of nitrogens with one attached hydrogen (secondary N) is 2. The highest BCUT2D eigenvalue weighted by Crippen LogP contribution is 1.83. The zero-order valence-electron chi connectivity index (χ0n) is 6.41. The zero-order valence-corrected chi connectivity index (χ0v) is 8.86. The Morgan fingerprint density at radius 1 is 1.25 bits per heavy atom. The maximum absolute atomic E-state index is 10.5. The van der Waals surface area contributed by atoms with Gasteiger partial charge in [-0.2, -0.15) is 0 Å². The fourth-order valence-electron chi connectivity index (χ4n) is 0.855. The summed E-state index contributed by atoms with van der Waals surface area (Å²) >= 11 is 0. The van der Waals surface area contributed by atoms with Crippen molar-refractivity contribution in [1.82, 2.24) is 10.6 Å². The van der Waals surface area contributed by atoms with Crippen LogP contribution >= 0.6 is 37.2 Å². The van der Waals surface area contributed by atoms with Gasteiger partial charge in [0.15, 0.2) is 0 Å². The molecule has 0 spiro atoms. The standard InChI is InChI=1S/C5H11N3O.3ClH/c6-5(9)4-3-7-1-2-8-4;;;/h4,7-8H,1-3H2,(H2,6,9);3*1H. The molecule has 0 radical (unpaired) electrons. The number of hydrogen-bond acceptors (Lipinski definition) is 3. The first kappa shape index (κ1) is 18.1. The van der Waals surface area contributed by atoms with Crippen LogP contribution in [0.1, 0.15) is 0 Å². The molecule has 1 aliphatic rings. The van der Waals surface area contributed by atoms with Crippen molar-refractivity contribution in [3.05, 3.63) is 0 Å². The lowest BCUT2D eigenvalue weighted by Gasteiger charge is -2.21. The molecule has 76 valence electrons. The number of primary amides is 1. The molecule has 1 fully saturated rings. The van der Waals surface area contributed by atoms with E-state index >= 15 is 0 Å². The molecule has 0 saturated carbocycles. The molecular weight excluding hydrogens is 224 g/mol. The van der Waals surface area contributed by atoms with Crippen LogP contribution in [0.4, 0.5) is 0 Å². The van der Waals surface area contributed by atoms with Gasteiger partial charge in [-0.05, 0) is 0 Å². The average molecular weight is 239 g/mol. The van der Waals surface area contributed by atoms with Crippen LogP contribution < -0.4 is 16.4 Å². The van der Waals surface area contributed by atoms with E-state index in [1.807, 2.05) is 0 Å². The van der Waals surface area contributed by atoms with Crippen molar-refractivity contribution in [1.29, 1.82) is 0 Å². The van der Waals surface area contributed by atoms with Crippen molar-refractivity contribution in [3.63, 3.8) is 0 Å². The SMILES string of the molecule is Cl.Cl.Cl.NC(=O)C1CNCCN1. The molecule has 0 aromatic rings. The van der Waals surface area contributed by atoms with Crippen molar-refractivity contribution in [2.75, 3.05) is 19.6 Å². The minimum absolute atomic E-state index is 0. The smallest absolute Gasteiger partial charge is 0.235 e. The first-order valence-corrected chi connectivity index (χ1v) is 3.04. The molecule has 7 heteroatoms. The number of carbonyl (C=O) groups is 1. The van der Waals surface area contributed by atoms with Crippen LogP contribution in [0.2, 0.25) is 0 Å². The van der Waals surface area contributed by atoms with E-state index in [1.54, 1.807) is 0 Å². The highest BCUT2D eigenvalue weighted by molar-refractivity contribution is 5.86. The molecule has 1 heterocycles. The normalized spacial score (nSPS) is 20.8. The Balaban J connectivity index is -0.000000270. The van der Waals surface area contributed by atoms with Gasteiger partial charge < -0.3 is 16.4 Å². The van der Waals surface area contributed by atoms with Gasteiger partial charge in [-0.1, -0.05) is 0 Å². The highest BCUT2D eigenvalue weighted by Gasteiger charge is 2.16. The lowest BCUT2D eigenvalue weighted by molar-refractivity contribution is -0.120. The second-order valence-corrected chi connectivity index (χ2v) is 2.11. The minimum Gasteiger partial charge on any atom is -0.368 e. The van der Waals surface area contributed by atoms with Crippen molar-refractivity contribution in [3.8, 4) is 0 Å². The summed E-state index contributed by atoms with van der Waals surface area (Å²) in [4.78, 5) is 10.5. The van der Waals surface area contributed by atoms with Gasteiger partial charge >= 0.3 is 0 Å². The monoisotopic (exact) mass is 237 g/mol. The summed E-state index contributed by atoms with van der Waals surface area (Å²) in [5.74, 6) is -0.276. The van der Waals surface area contributed by atoms with Gasteiger partial charge in [-0.15, -0.1) is 37.2 Å². The van der Waals surface area contributed by atoms with Crippen LogP contribution in [0.3, 0.4) is 0 Å². The highest BCUT2D eigenvalue weighted by atomic mass is 35.5. The van der Waals surface area contributed by atoms with Gasteiger partial charge in [-0.25, -0.2) is 0 Å². The van der Waals surface area contributed by atoms with E-state index in [0.717, 1.165) is 13.1 Å². The number of amides is 1. The summed E-state index contributed by atoms with van der Waals surface area (Å²) in [6.07, 6.45) is 0. The maximum Gasteiger partial charge on any atom is 0.235 e. The average Bonchev–Trinajstić information content (AvgIpc) is 1.90. The molecule has 0 aromatic carbocycles. The van der Waals surface area contributed by atoms with Gasteiger partial charge in [0.1, 0.15) is 0 Å². The molecule has 0 bridgehead atoms. The summed E-state index contributed by atoms with van der Waals surface area (Å²) in [7, 11) is 0. The van der Waals surface area contributed by atoms with Crippen molar-refractivity contribution < 1.29 is 4.79 Å². The fourth-order valence-corrected chi connectivity index (χ4v) is 0.855. The summed E-state index contributed by atoms with van der Waals surface area (Å²) in [6.45, 7) is 2.41. The molecule has 1 aliphatic heterocycles. The van der Waals surface area contributed by atoms with Crippen LogP contribution in [0.5, 0.6) is 0 Å². The Kier molecular flexibility index (Phi) is 14.1. The van der Waals surface area contributed by atoms with Crippen molar-refractivity contribution >= 4 is 43.1 Å². The van der Waals surface area contributed by atoms with Gasteiger partial charge in [0.2, 0.25) is 5.91 Å². The number of hydrogen-bond donors (Lipinski definition) is 3. The van der Waals surface area contributed by atoms with Gasteiger partial charge in [-0.3, -0.25) is 4.79 Å². The number of halogens is 3. The Labute approximate surface area is 90.3 Å². The van der Waals surface area contributed by atoms with E-state index < -0.39 is 0 Å². The Morgan fingerprint density at radius 3 is 2.08 bits per heavy atom. The predicted octanol–water partition coefficient (Wildman–Crippen LogP) is -0.702. The number of piperazine rings is 1. The molecule has 0 aromatic heterocycles. The van der Waals surface area contributed by atoms with E-state index in [-0.39, 0.29) is 49.2 Å². The predicted molar refractivity (Wildman–Crippen MR) is 55.6 cm³/mol. The minimum atomic E-state index is -0.276. The second kappa shape index (κ2) is 9.35. The maximum atomic E-state index is 10.5. The lowest BCUT2D eigenvalue weighted by atomic mass is 10.2. The molecule has 1 unspecified atom stereocenters. The fraction of sp³-hybridized carbons (Fsp3) is 0.800.